The van der Waals surface area contributed by atoms with Crippen molar-refractivity contribution in [3.8, 4) is 11.4 Å². The highest BCUT2D eigenvalue weighted by Gasteiger charge is 2.38. The third kappa shape index (κ3) is 1.45. The van der Waals surface area contributed by atoms with Crippen LogP contribution in [0.25, 0.3) is 11.4 Å². The van der Waals surface area contributed by atoms with Gasteiger partial charge in [-0.25, -0.2) is 4.98 Å². The molecule has 1 aliphatic heterocycles. The molecule has 92 valence electrons. The zero-order valence-corrected chi connectivity index (χ0v) is 10.7. The number of anilines is 1. The summed E-state index contributed by atoms with van der Waals surface area (Å²) in [6.45, 7) is 5.81. The van der Waals surface area contributed by atoms with Crippen LogP contribution in [0.2, 0.25) is 0 Å². The number of carbonyl (C=O) groups is 1. The number of rotatable bonds is 1. The number of hydrogen-bond donors (Lipinski definition) is 2. The third-order valence-corrected chi connectivity index (χ3v) is 3.49. The molecule has 4 nitrogen and oxygen atoms in total. The number of aromatic amines is 1. The van der Waals surface area contributed by atoms with Crippen molar-refractivity contribution < 1.29 is 4.79 Å². The fourth-order valence-electron chi connectivity index (χ4n) is 2.30. The number of H-pyrrole nitrogens is 1. The van der Waals surface area contributed by atoms with Gasteiger partial charge in [-0.2, -0.15) is 0 Å². The lowest BCUT2D eigenvalue weighted by molar-refractivity contribution is -0.119. The van der Waals surface area contributed by atoms with Crippen molar-refractivity contribution in [1.82, 2.24) is 9.97 Å². The van der Waals surface area contributed by atoms with Crippen LogP contribution >= 0.6 is 0 Å². The quantitative estimate of drug-likeness (QED) is 0.806. The van der Waals surface area contributed by atoms with E-state index in [-0.39, 0.29) is 5.91 Å². The molecule has 1 amide bonds. The second kappa shape index (κ2) is 3.45. The second-order valence-electron chi connectivity index (χ2n) is 5.23. The van der Waals surface area contributed by atoms with Gasteiger partial charge in [-0.05, 0) is 32.4 Å². The van der Waals surface area contributed by atoms with Crippen LogP contribution in [0.3, 0.4) is 0 Å². The van der Waals surface area contributed by atoms with E-state index in [0.717, 1.165) is 28.3 Å². The zero-order valence-electron chi connectivity index (χ0n) is 10.7. The molecule has 0 aliphatic carbocycles. The van der Waals surface area contributed by atoms with Gasteiger partial charge in [-0.3, -0.25) is 4.79 Å². The van der Waals surface area contributed by atoms with Crippen molar-refractivity contribution in [2.75, 3.05) is 5.32 Å². The predicted molar refractivity (Wildman–Crippen MR) is 70.4 cm³/mol. The maximum atomic E-state index is 11.9. The summed E-state index contributed by atoms with van der Waals surface area (Å²) in [5, 5.41) is 2.92. The summed E-state index contributed by atoms with van der Waals surface area (Å²) in [6, 6.07) is 5.97. The Bertz CT molecular complexity index is 640. The fraction of sp³-hybridized carbons (Fsp3) is 0.286. The minimum absolute atomic E-state index is 0.0466. The minimum Gasteiger partial charge on any atom is -0.344 e. The van der Waals surface area contributed by atoms with E-state index in [4.69, 9.17) is 0 Å². The average molecular weight is 241 g/mol. The van der Waals surface area contributed by atoms with Crippen LogP contribution in [0, 0.1) is 6.92 Å². The van der Waals surface area contributed by atoms with E-state index in [0.29, 0.717) is 0 Å². The van der Waals surface area contributed by atoms with Gasteiger partial charge in [0, 0.05) is 17.4 Å². The number of nitrogens with zero attached hydrogens (tertiary/aromatic N) is 1. The molecule has 0 spiro atoms. The van der Waals surface area contributed by atoms with Crippen molar-refractivity contribution in [3.05, 3.63) is 35.7 Å². The topological polar surface area (TPSA) is 57.8 Å². The molecule has 0 fully saturated rings. The third-order valence-electron chi connectivity index (χ3n) is 3.49. The maximum Gasteiger partial charge on any atom is 0.234 e. The van der Waals surface area contributed by atoms with Crippen LogP contribution in [-0.2, 0) is 10.2 Å². The van der Waals surface area contributed by atoms with Crippen LogP contribution in [0.1, 0.15) is 25.1 Å². The summed E-state index contributed by atoms with van der Waals surface area (Å²) in [7, 11) is 0. The van der Waals surface area contributed by atoms with Gasteiger partial charge in [0.15, 0.2) is 0 Å². The summed E-state index contributed by atoms with van der Waals surface area (Å²) in [6.07, 6.45) is 1.87. The van der Waals surface area contributed by atoms with Crippen molar-refractivity contribution in [2.24, 2.45) is 0 Å². The first kappa shape index (κ1) is 11.0. The molecule has 0 radical (unpaired) electrons. The van der Waals surface area contributed by atoms with E-state index in [2.05, 4.69) is 15.3 Å². The molecular weight excluding hydrogens is 226 g/mol. The molecule has 0 bridgehead atoms. The lowest BCUT2D eigenvalue weighted by atomic mass is 9.86. The fourth-order valence-corrected chi connectivity index (χ4v) is 2.30. The van der Waals surface area contributed by atoms with Gasteiger partial charge in [-0.15, -0.1) is 0 Å². The summed E-state index contributed by atoms with van der Waals surface area (Å²) < 4.78 is 0. The van der Waals surface area contributed by atoms with Crippen molar-refractivity contribution in [2.45, 2.75) is 26.2 Å². The first-order valence-electron chi connectivity index (χ1n) is 5.97. The largest absolute Gasteiger partial charge is 0.344 e. The average Bonchev–Trinajstić information content (AvgIpc) is 2.83. The number of aromatic nitrogens is 2. The lowest BCUT2D eigenvalue weighted by Crippen LogP contribution is -2.26. The van der Waals surface area contributed by atoms with Gasteiger partial charge in [-0.1, -0.05) is 12.1 Å². The van der Waals surface area contributed by atoms with Crippen molar-refractivity contribution in [3.63, 3.8) is 0 Å². The highest BCUT2D eigenvalue weighted by atomic mass is 16.2. The molecule has 4 heteroatoms. The Morgan fingerprint density at radius 3 is 2.72 bits per heavy atom. The first-order chi connectivity index (χ1) is 8.48. The molecule has 1 aromatic carbocycles. The monoisotopic (exact) mass is 241 g/mol. The van der Waals surface area contributed by atoms with E-state index >= 15 is 0 Å². The Morgan fingerprint density at radius 1 is 1.28 bits per heavy atom. The van der Waals surface area contributed by atoms with E-state index in [9.17, 15) is 4.79 Å². The van der Waals surface area contributed by atoms with Gasteiger partial charge < -0.3 is 10.3 Å². The molecule has 0 unspecified atom stereocenters. The molecule has 18 heavy (non-hydrogen) atoms. The molecule has 2 N–H and O–H groups in total. The van der Waals surface area contributed by atoms with Crippen molar-refractivity contribution in [1.29, 1.82) is 0 Å². The van der Waals surface area contributed by atoms with Gasteiger partial charge in [0.05, 0.1) is 11.1 Å². The van der Waals surface area contributed by atoms with Crippen LogP contribution in [-0.4, -0.2) is 15.9 Å². The number of carbonyl (C=O) groups excluding carboxylic acids is 1. The Kier molecular flexibility index (Phi) is 2.11. The van der Waals surface area contributed by atoms with Gasteiger partial charge in [0.2, 0.25) is 5.91 Å². The van der Waals surface area contributed by atoms with Gasteiger partial charge in [0.1, 0.15) is 5.82 Å². The number of hydrogen-bond acceptors (Lipinski definition) is 2. The van der Waals surface area contributed by atoms with E-state index < -0.39 is 5.41 Å². The number of nitrogens with one attached hydrogen (secondary N) is 2. The molecule has 1 aliphatic rings. The Balaban J connectivity index is 2.09. The lowest BCUT2D eigenvalue weighted by Gasteiger charge is -2.14. The SMILES string of the molecule is Cc1c[nH]c(-c2ccc3c(c2)NC(=O)C3(C)C)n1. The van der Waals surface area contributed by atoms with E-state index in [1.54, 1.807) is 0 Å². The molecule has 2 heterocycles. The Morgan fingerprint density at radius 2 is 2.06 bits per heavy atom. The smallest absolute Gasteiger partial charge is 0.234 e. The van der Waals surface area contributed by atoms with Crippen molar-refractivity contribution >= 4 is 11.6 Å². The predicted octanol–water partition coefficient (Wildman–Crippen LogP) is 2.61. The Hall–Kier alpha value is -2.10. The molecule has 0 saturated carbocycles. The number of benzene rings is 1. The van der Waals surface area contributed by atoms with E-state index in [1.807, 2.05) is 45.2 Å². The van der Waals surface area contributed by atoms with Crippen LogP contribution in [0.5, 0.6) is 0 Å². The zero-order chi connectivity index (χ0) is 12.9. The summed E-state index contributed by atoms with van der Waals surface area (Å²) in [5.41, 5.74) is 3.42. The van der Waals surface area contributed by atoms with Crippen LogP contribution < -0.4 is 5.32 Å². The molecule has 0 saturated heterocycles. The summed E-state index contributed by atoms with van der Waals surface area (Å²) in [4.78, 5) is 19.4. The summed E-state index contributed by atoms with van der Waals surface area (Å²) in [5.74, 6) is 0.875. The van der Waals surface area contributed by atoms with Crippen LogP contribution in [0.4, 0.5) is 5.69 Å². The molecule has 0 atom stereocenters. The molecule has 2 aromatic rings. The highest BCUT2D eigenvalue weighted by molar-refractivity contribution is 6.06. The molecular formula is C14H15N3O. The number of aryl methyl sites for hydroxylation is 1. The maximum absolute atomic E-state index is 11.9. The highest BCUT2D eigenvalue weighted by Crippen LogP contribution is 2.38. The number of imidazole rings is 1. The number of fused-ring (bicyclic) bond motifs is 1. The Labute approximate surface area is 105 Å². The van der Waals surface area contributed by atoms with Gasteiger partial charge >= 0.3 is 0 Å². The molecule has 1 aromatic heterocycles. The minimum atomic E-state index is -0.451. The number of amides is 1. The van der Waals surface area contributed by atoms with Crippen LogP contribution in [0.15, 0.2) is 24.4 Å². The standard InChI is InChI=1S/C14H15N3O/c1-8-7-15-12(16-8)9-4-5-10-11(6-9)17-13(18)14(10,2)3/h4-7H,1-3H3,(H,15,16)(H,17,18). The first-order valence-corrected chi connectivity index (χ1v) is 5.97. The normalized spacial score (nSPS) is 16.5. The summed E-state index contributed by atoms with van der Waals surface area (Å²) >= 11 is 0. The second-order valence-corrected chi connectivity index (χ2v) is 5.23. The molecule has 3 rings (SSSR count). The van der Waals surface area contributed by atoms with E-state index in [1.165, 1.54) is 0 Å². The van der Waals surface area contributed by atoms with Gasteiger partial charge in [0.25, 0.3) is 0 Å².